The standard InChI is InChI=1S/C24H29FN6O/c1-2-26-24(28-14-13-27-23(32)16-19-8-10-22(25)11-9-19)29-17-20-6-3-4-7-21(20)18-31-15-5-12-30-31/h3-12,15H,2,13-14,16-18H2,1H3,(H,27,32)(H2,26,28,29). The molecule has 0 bridgehead atoms. The van der Waals surface area contributed by atoms with Crippen molar-refractivity contribution in [3.8, 4) is 0 Å². The number of carbonyl (C=O) groups is 1. The number of hydrogen-bond donors (Lipinski definition) is 3. The van der Waals surface area contributed by atoms with Crippen LogP contribution in [-0.2, 0) is 24.3 Å². The number of nitrogens with zero attached hydrogens (tertiary/aromatic N) is 3. The summed E-state index contributed by atoms with van der Waals surface area (Å²) in [5.74, 6) is 0.277. The van der Waals surface area contributed by atoms with Gasteiger partial charge < -0.3 is 16.0 Å². The van der Waals surface area contributed by atoms with Crippen LogP contribution in [-0.4, -0.2) is 41.3 Å². The molecule has 32 heavy (non-hydrogen) atoms. The van der Waals surface area contributed by atoms with Crippen LogP contribution >= 0.6 is 0 Å². The van der Waals surface area contributed by atoms with E-state index in [1.807, 2.05) is 36.0 Å². The Hall–Kier alpha value is -3.68. The van der Waals surface area contributed by atoms with E-state index in [2.05, 4.69) is 38.2 Å². The third-order valence-electron chi connectivity index (χ3n) is 4.78. The van der Waals surface area contributed by atoms with Crippen molar-refractivity contribution in [2.24, 2.45) is 4.99 Å². The lowest BCUT2D eigenvalue weighted by Crippen LogP contribution is -2.41. The van der Waals surface area contributed by atoms with Gasteiger partial charge in [0.2, 0.25) is 5.91 Å². The Bertz CT molecular complexity index is 1000. The van der Waals surface area contributed by atoms with Gasteiger partial charge in [0.05, 0.1) is 19.5 Å². The van der Waals surface area contributed by atoms with E-state index in [9.17, 15) is 9.18 Å². The number of aromatic nitrogens is 2. The molecule has 0 aliphatic rings. The molecule has 0 unspecified atom stereocenters. The van der Waals surface area contributed by atoms with Crippen LogP contribution in [0.3, 0.4) is 0 Å². The van der Waals surface area contributed by atoms with Crippen molar-refractivity contribution < 1.29 is 9.18 Å². The largest absolute Gasteiger partial charge is 0.357 e. The molecule has 0 fully saturated rings. The molecule has 0 saturated heterocycles. The number of hydrogen-bond acceptors (Lipinski definition) is 3. The number of benzene rings is 2. The van der Waals surface area contributed by atoms with Gasteiger partial charge in [-0.3, -0.25) is 9.48 Å². The topological polar surface area (TPSA) is 83.3 Å². The molecule has 7 nitrogen and oxygen atoms in total. The highest BCUT2D eigenvalue weighted by molar-refractivity contribution is 5.80. The number of nitrogens with one attached hydrogen (secondary N) is 3. The second kappa shape index (κ2) is 12.2. The molecule has 3 rings (SSSR count). The average Bonchev–Trinajstić information content (AvgIpc) is 3.30. The minimum absolute atomic E-state index is 0.104. The molecule has 1 amide bonds. The van der Waals surface area contributed by atoms with Crippen molar-refractivity contribution in [1.82, 2.24) is 25.7 Å². The summed E-state index contributed by atoms with van der Waals surface area (Å²) in [6.45, 7) is 4.97. The Kier molecular flexibility index (Phi) is 8.80. The van der Waals surface area contributed by atoms with E-state index < -0.39 is 0 Å². The van der Waals surface area contributed by atoms with Gasteiger partial charge in [-0.2, -0.15) is 5.10 Å². The zero-order chi connectivity index (χ0) is 22.6. The number of carbonyl (C=O) groups excluding carboxylic acids is 1. The van der Waals surface area contributed by atoms with Gasteiger partial charge in [0.15, 0.2) is 5.96 Å². The molecule has 0 saturated carbocycles. The third kappa shape index (κ3) is 7.54. The van der Waals surface area contributed by atoms with Crippen LogP contribution in [0.1, 0.15) is 23.6 Å². The van der Waals surface area contributed by atoms with Gasteiger partial charge in [-0.15, -0.1) is 0 Å². The van der Waals surface area contributed by atoms with E-state index in [0.717, 1.165) is 17.7 Å². The monoisotopic (exact) mass is 436 g/mol. The molecule has 0 spiro atoms. The summed E-state index contributed by atoms with van der Waals surface area (Å²) >= 11 is 0. The van der Waals surface area contributed by atoms with Gasteiger partial charge in [-0.1, -0.05) is 36.4 Å². The summed E-state index contributed by atoms with van der Waals surface area (Å²) in [5.41, 5.74) is 3.08. The lowest BCUT2D eigenvalue weighted by molar-refractivity contribution is -0.120. The van der Waals surface area contributed by atoms with Crippen molar-refractivity contribution in [3.63, 3.8) is 0 Å². The molecule has 0 atom stereocenters. The lowest BCUT2D eigenvalue weighted by atomic mass is 10.1. The van der Waals surface area contributed by atoms with E-state index in [-0.39, 0.29) is 18.1 Å². The van der Waals surface area contributed by atoms with Gasteiger partial charge >= 0.3 is 0 Å². The van der Waals surface area contributed by atoms with Crippen molar-refractivity contribution in [3.05, 3.63) is 89.5 Å². The molecule has 2 aromatic carbocycles. The first-order valence-electron chi connectivity index (χ1n) is 10.7. The van der Waals surface area contributed by atoms with Crippen LogP contribution in [0, 0.1) is 5.82 Å². The highest BCUT2D eigenvalue weighted by atomic mass is 19.1. The van der Waals surface area contributed by atoms with Crippen LogP contribution in [0.25, 0.3) is 0 Å². The van der Waals surface area contributed by atoms with Crippen molar-refractivity contribution in [2.45, 2.75) is 26.4 Å². The predicted octanol–water partition coefficient (Wildman–Crippen LogP) is 2.48. The minimum atomic E-state index is -0.308. The van der Waals surface area contributed by atoms with E-state index in [1.165, 1.54) is 17.7 Å². The molecule has 0 radical (unpaired) electrons. The maximum absolute atomic E-state index is 13.0. The van der Waals surface area contributed by atoms with Crippen molar-refractivity contribution in [2.75, 3.05) is 19.6 Å². The van der Waals surface area contributed by atoms with E-state index >= 15 is 0 Å². The fourth-order valence-corrected chi connectivity index (χ4v) is 3.17. The van der Waals surface area contributed by atoms with Crippen molar-refractivity contribution >= 4 is 11.9 Å². The molecule has 1 aromatic heterocycles. The van der Waals surface area contributed by atoms with Crippen LogP contribution in [0.5, 0.6) is 0 Å². The zero-order valence-electron chi connectivity index (χ0n) is 18.2. The van der Waals surface area contributed by atoms with Gasteiger partial charge in [-0.25, -0.2) is 9.38 Å². The predicted molar refractivity (Wildman–Crippen MR) is 124 cm³/mol. The molecule has 3 N–H and O–H groups in total. The first-order chi connectivity index (χ1) is 15.6. The molecule has 0 aliphatic heterocycles. The number of amides is 1. The first-order valence-corrected chi connectivity index (χ1v) is 10.7. The summed E-state index contributed by atoms with van der Waals surface area (Å²) in [4.78, 5) is 16.7. The van der Waals surface area contributed by atoms with E-state index in [1.54, 1.807) is 18.3 Å². The van der Waals surface area contributed by atoms with Crippen LogP contribution in [0.4, 0.5) is 4.39 Å². The minimum Gasteiger partial charge on any atom is -0.357 e. The Morgan fingerprint density at radius 3 is 2.47 bits per heavy atom. The molecule has 0 aliphatic carbocycles. The first kappa shape index (κ1) is 23.0. The summed E-state index contributed by atoms with van der Waals surface area (Å²) in [6.07, 6.45) is 3.93. The molecular weight excluding hydrogens is 407 g/mol. The zero-order valence-corrected chi connectivity index (χ0v) is 18.2. The van der Waals surface area contributed by atoms with Crippen molar-refractivity contribution in [1.29, 1.82) is 0 Å². The fourth-order valence-electron chi connectivity index (χ4n) is 3.17. The van der Waals surface area contributed by atoms with Crippen LogP contribution < -0.4 is 16.0 Å². The summed E-state index contributed by atoms with van der Waals surface area (Å²) < 4.78 is 14.8. The SMILES string of the molecule is CCNC(=NCc1ccccc1Cn1cccn1)NCCNC(=O)Cc1ccc(F)cc1. The highest BCUT2D eigenvalue weighted by Crippen LogP contribution is 2.11. The maximum Gasteiger partial charge on any atom is 0.224 e. The van der Waals surface area contributed by atoms with Gasteiger partial charge in [0, 0.05) is 32.0 Å². The average molecular weight is 437 g/mol. The molecule has 1 heterocycles. The lowest BCUT2D eigenvalue weighted by Gasteiger charge is -2.13. The Labute approximate surface area is 187 Å². The van der Waals surface area contributed by atoms with E-state index in [0.29, 0.717) is 32.1 Å². The van der Waals surface area contributed by atoms with Gasteiger partial charge in [0.25, 0.3) is 0 Å². The second-order valence-corrected chi connectivity index (χ2v) is 7.25. The summed E-state index contributed by atoms with van der Waals surface area (Å²) in [7, 11) is 0. The summed E-state index contributed by atoms with van der Waals surface area (Å²) in [6, 6.07) is 16.0. The molecule has 8 heteroatoms. The third-order valence-corrected chi connectivity index (χ3v) is 4.78. The maximum atomic E-state index is 13.0. The fraction of sp³-hybridized carbons (Fsp3) is 0.292. The molecule has 168 valence electrons. The number of rotatable bonds is 10. The second-order valence-electron chi connectivity index (χ2n) is 7.25. The van der Waals surface area contributed by atoms with E-state index in [4.69, 9.17) is 0 Å². The Morgan fingerprint density at radius 1 is 1.00 bits per heavy atom. The molecule has 3 aromatic rings. The Morgan fingerprint density at radius 2 is 1.75 bits per heavy atom. The molecular formula is C24H29FN6O. The Balaban J connectivity index is 1.48. The van der Waals surface area contributed by atoms with Crippen LogP contribution in [0.15, 0.2) is 72.0 Å². The van der Waals surface area contributed by atoms with Gasteiger partial charge in [0.1, 0.15) is 5.82 Å². The normalized spacial score (nSPS) is 11.2. The van der Waals surface area contributed by atoms with Crippen LogP contribution in [0.2, 0.25) is 0 Å². The smallest absolute Gasteiger partial charge is 0.224 e. The van der Waals surface area contributed by atoms with Gasteiger partial charge in [-0.05, 0) is 41.8 Å². The quantitative estimate of drug-likeness (QED) is 0.259. The number of aliphatic imine (C=N–C) groups is 1. The number of guanidine groups is 1. The number of halogens is 1. The highest BCUT2D eigenvalue weighted by Gasteiger charge is 2.05. The summed E-state index contributed by atoms with van der Waals surface area (Å²) in [5, 5.41) is 13.6.